The van der Waals surface area contributed by atoms with E-state index < -0.39 is 22.2 Å². The van der Waals surface area contributed by atoms with Crippen LogP contribution < -0.4 is 20.3 Å². The average molecular weight is 531 g/mol. The van der Waals surface area contributed by atoms with Gasteiger partial charge in [-0.25, -0.2) is 8.42 Å². The molecule has 0 spiro atoms. The fourth-order valence-corrected chi connectivity index (χ4v) is 6.19. The summed E-state index contributed by atoms with van der Waals surface area (Å²) in [4.78, 5) is 13.5. The number of amides is 1. The number of unbranched alkanes of at least 4 members (excludes halogenated alkanes) is 2. The minimum absolute atomic E-state index is 0.108. The van der Waals surface area contributed by atoms with Crippen molar-refractivity contribution in [3.63, 3.8) is 0 Å². The normalized spacial score (nSPS) is 16.7. The van der Waals surface area contributed by atoms with Gasteiger partial charge in [-0.2, -0.15) is 0 Å². The first-order valence-corrected chi connectivity index (χ1v) is 15.1. The number of hydrogen-bond donors (Lipinski definition) is 4. The van der Waals surface area contributed by atoms with Gasteiger partial charge in [0.2, 0.25) is 10.0 Å². The summed E-state index contributed by atoms with van der Waals surface area (Å²) in [5, 5.41) is 20.6. The third kappa shape index (κ3) is 8.72. The van der Waals surface area contributed by atoms with Crippen LogP contribution in [0.2, 0.25) is 0 Å². The van der Waals surface area contributed by atoms with Crippen molar-refractivity contribution in [2.24, 2.45) is 0 Å². The second-order valence-corrected chi connectivity index (χ2v) is 11.7. The molecule has 3 rings (SSSR count). The molecule has 9 heteroatoms. The quantitative estimate of drug-likeness (QED) is 0.278. The Kier molecular flexibility index (Phi) is 11.2. The molecule has 0 unspecified atom stereocenters. The molecule has 1 aliphatic rings. The van der Waals surface area contributed by atoms with E-state index in [1.807, 2.05) is 37.3 Å². The molecule has 0 aliphatic carbocycles. The first kappa shape index (κ1) is 28.9. The Morgan fingerprint density at radius 3 is 2.57 bits per heavy atom. The van der Waals surface area contributed by atoms with E-state index in [9.17, 15) is 18.3 Å². The number of sulfonamides is 1. The SMILES string of the molecule is CCCCCNC[C@@H](O)[C@H](Cc1ccccc1)NC(=O)c1cc(NCC)cc(N2CCCCS2(=O)=O)c1. The van der Waals surface area contributed by atoms with Crippen LogP contribution in [0.4, 0.5) is 11.4 Å². The number of carbonyl (C=O) groups excluding carboxylic acids is 1. The molecule has 1 fully saturated rings. The van der Waals surface area contributed by atoms with Crippen molar-refractivity contribution in [1.82, 2.24) is 10.6 Å². The minimum atomic E-state index is -3.42. The molecule has 1 heterocycles. The predicted molar refractivity (Wildman–Crippen MR) is 151 cm³/mol. The van der Waals surface area contributed by atoms with Gasteiger partial charge in [0, 0.05) is 30.9 Å². The molecule has 0 saturated carbocycles. The molecule has 1 aliphatic heterocycles. The highest BCUT2D eigenvalue weighted by Gasteiger charge is 2.28. The molecule has 0 radical (unpaired) electrons. The molecule has 37 heavy (non-hydrogen) atoms. The zero-order valence-electron chi connectivity index (χ0n) is 22.1. The molecule has 0 aromatic heterocycles. The number of aliphatic hydroxyl groups is 1. The van der Waals surface area contributed by atoms with Crippen molar-refractivity contribution in [2.75, 3.05) is 41.6 Å². The largest absolute Gasteiger partial charge is 0.390 e. The van der Waals surface area contributed by atoms with E-state index in [1.54, 1.807) is 18.2 Å². The van der Waals surface area contributed by atoms with Crippen molar-refractivity contribution in [1.29, 1.82) is 0 Å². The van der Waals surface area contributed by atoms with Crippen molar-refractivity contribution < 1.29 is 18.3 Å². The zero-order chi connectivity index (χ0) is 26.7. The van der Waals surface area contributed by atoms with Crippen molar-refractivity contribution in [2.45, 2.75) is 64.5 Å². The first-order valence-electron chi connectivity index (χ1n) is 13.5. The lowest BCUT2D eigenvalue weighted by molar-refractivity contribution is 0.0830. The van der Waals surface area contributed by atoms with E-state index in [0.29, 0.717) is 49.4 Å². The molecule has 1 amide bonds. The predicted octanol–water partition coefficient (Wildman–Crippen LogP) is 3.53. The molecule has 0 bridgehead atoms. The molecule has 1 saturated heterocycles. The lowest BCUT2D eigenvalue weighted by atomic mass is 10.00. The van der Waals surface area contributed by atoms with Crippen LogP contribution in [0.1, 0.15) is 61.9 Å². The van der Waals surface area contributed by atoms with Gasteiger partial charge in [0.1, 0.15) is 0 Å². The van der Waals surface area contributed by atoms with Crippen LogP contribution in [0.25, 0.3) is 0 Å². The van der Waals surface area contributed by atoms with Crippen molar-refractivity contribution >= 4 is 27.3 Å². The van der Waals surface area contributed by atoms with E-state index in [0.717, 1.165) is 37.8 Å². The number of nitrogens with zero attached hydrogens (tertiary/aromatic N) is 1. The third-order valence-electron chi connectivity index (χ3n) is 6.59. The van der Waals surface area contributed by atoms with Crippen molar-refractivity contribution in [3.05, 3.63) is 59.7 Å². The second kappa shape index (κ2) is 14.4. The number of rotatable bonds is 14. The zero-order valence-corrected chi connectivity index (χ0v) is 22.9. The molecular formula is C28H42N4O4S. The Bertz CT molecular complexity index is 1090. The Morgan fingerprint density at radius 2 is 1.86 bits per heavy atom. The lowest BCUT2D eigenvalue weighted by Gasteiger charge is -2.29. The fourth-order valence-electron chi connectivity index (χ4n) is 4.57. The summed E-state index contributed by atoms with van der Waals surface area (Å²) in [6.07, 6.45) is 4.41. The van der Waals surface area contributed by atoms with E-state index in [1.165, 1.54) is 4.31 Å². The van der Waals surface area contributed by atoms with E-state index >= 15 is 0 Å². The second-order valence-electron chi connectivity index (χ2n) is 9.64. The van der Waals surface area contributed by atoms with Gasteiger partial charge < -0.3 is 21.1 Å². The average Bonchev–Trinajstić information content (AvgIpc) is 2.88. The summed E-state index contributed by atoms with van der Waals surface area (Å²) in [6.45, 7) is 6.32. The van der Waals surface area contributed by atoms with Crippen LogP contribution in [0, 0.1) is 0 Å². The minimum Gasteiger partial charge on any atom is -0.390 e. The van der Waals surface area contributed by atoms with Gasteiger partial charge in [-0.3, -0.25) is 9.10 Å². The maximum Gasteiger partial charge on any atom is 0.251 e. The highest BCUT2D eigenvalue weighted by Crippen LogP contribution is 2.28. The van der Waals surface area contributed by atoms with Gasteiger partial charge >= 0.3 is 0 Å². The fraction of sp³-hybridized carbons (Fsp3) is 0.536. The van der Waals surface area contributed by atoms with Crippen LogP contribution in [-0.2, 0) is 16.4 Å². The topological polar surface area (TPSA) is 111 Å². The summed E-state index contributed by atoms with van der Waals surface area (Å²) < 4.78 is 26.9. The van der Waals surface area contributed by atoms with Crippen LogP contribution in [0.3, 0.4) is 0 Å². The highest BCUT2D eigenvalue weighted by molar-refractivity contribution is 7.92. The number of carbonyl (C=O) groups is 1. The number of aliphatic hydroxyl groups excluding tert-OH is 1. The standard InChI is InChI=1S/C28H42N4O4S/c1-3-5-9-14-29-21-27(33)26(17-22-12-7-6-8-13-22)31-28(34)23-18-24(30-4-2)20-25(19-23)32-15-10-11-16-37(32,35)36/h6-8,12-13,18-20,26-27,29-30,33H,3-5,9-11,14-17,21H2,1-2H3,(H,31,34)/t26-,27+/m0/s1. The number of benzene rings is 2. The Morgan fingerprint density at radius 1 is 1.08 bits per heavy atom. The summed E-state index contributed by atoms with van der Waals surface area (Å²) in [6, 6.07) is 14.4. The van der Waals surface area contributed by atoms with Crippen LogP contribution in [-0.4, -0.2) is 63.5 Å². The molecule has 2 aromatic rings. The van der Waals surface area contributed by atoms with Crippen LogP contribution >= 0.6 is 0 Å². The molecule has 2 atom stereocenters. The maximum atomic E-state index is 13.5. The highest BCUT2D eigenvalue weighted by atomic mass is 32.2. The molecule has 8 nitrogen and oxygen atoms in total. The van der Waals surface area contributed by atoms with Crippen LogP contribution in [0.5, 0.6) is 0 Å². The van der Waals surface area contributed by atoms with E-state index in [4.69, 9.17) is 0 Å². The molecule has 4 N–H and O–H groups in total. The smallest absolute Gasteiger partial charge is 0.251 e. The number of nitrogens with one attached hydrogen (secondary N) is 3. The summed E-state index contributed by atoms with van der Waals surface area (Å²) >= 11 is 0. The first-order chi connectivity index (χ1) is 17.8. The van der Waals surface area contributed by atoms with Crippen LogP contribution in [0.15, 0.2) is 48.5 Å². The van der Waals surface area contributed by atoms with E-state index in [2.05, 4.69) is 22.9 Å². The molecule has 2 aromatic carbocycles. The van der Waals surface area contributed by atoms with Gasteiger partial charge in [0.05, 0.1) is 23.6 Å². The monoisotopic (exact) mass is 530 g/mol. The summed E-state index contributed by atoms with van der Waals surface area (Å²) in [7, 11) is -3.42. The Labute approximate surface area is 221 Å². The van der Waals surface area contributed by atoms with E-state index in [-0.39, 0.29) is 11.7 Å². The summed E-state index contributed by atoms with van der Waals surface area (Å²) in [5.74, 6) is -0.238. The molecular weight excluding hydrogens is 488 g/mol. The molecule has 204 valence electrons. The van der Waals surface area contributed by atoms with Gasteiger partial charge in [-0.15, -0.1) is 0 Å². The Balaban J connectivity index is 1.81. The third-order valence-corrected chi connectivity index (χ3v) is 8.46. The Hall–Kier alpha value is -2.62. The van der Waals surface area contributed by atoms with Gasteiger partial charge in [-0.1, -0.05) is 50.1 Å². The van der Waals surface area contributed by atoms with Gasteiger partial charge in [-0.05, 0) is 62.9 Å². The van der Waals surface area contributed by atoms with Gasteiger partial charge in [0.15, 0.2) is 0 Å². The lowest BCUT2D eigenvalue weighted by Crippen LogP contribution is -2.49. The number of hydrogen-bond acceptors (Lipinski definition) is 6. The number of anilines is 2. The van der Waals surface area contributed by atoms with Gasteiger partial charge in [0.25, 0.3) is 5.91 Å². The summed E-state index contributed by atoms with van der Waals surface area (Å²) in [5.41, 5.74) is 2.54. The maximum absolute atomic E-state index is 13.5. The van der Waals surface area contributed by atoms with Crippen molar-refractivity contribution in [3.8, 4) is 0 Å².